The highest BCUT2D eigenvalue weighted by Crippen LogP contribution is 2.18. The second-order valence-electron chi connectivity index (χ2n) is 3.83. The molecule has 0 bridgehead atoms. The Morgan fingerprint density at radius 3 is 2.40 bits per heavy atom. The van der Waals surface area contributed by atoms with Crippen LogP contribution >= 0.6 is 15.9 Å². The van der Waals surface area contributed by atoms with Gasteiger partial charge in [-0.1, -0.05) is 0 Å². The van der Waals surface area contributed by atoms with Crippen LogP contribution in [0.2, 0.25) is 0 Å². The number of halogens is 1. The van der Waals surface area contributed by atoms with Gasteiger partial charge in [0.1, 0.15) is 4.90 Å². The molecule has 104 valence electrons. The lowest BCUT2D eigenvalue weighted by molar-refractivity contribution is 0.0697. The van der Waals surface area contributed by atoms with Crippen molar-refractivity contribution in [2.75, 3.05) is 4.72 Å². The molecule has 6 nitrogen and oxygen atoms in total. The van der Waals surface area contributed by atoms with Gasteiger partial charge in [0, 0.05) is 22.6 Å². The molecule has 2 rings (SSSR count). The van der Waals surface area contributed by atoms with Crippen LogP contribution in [0, 0.1) is 0 Å². The van der Waals surface area contributed by atoms with Gasteiger partial charge in [-0.3, -0.25) is 9.71 Å². The molecule has 1 heterocycles. The maximum absolute atomic E-state index is 12.1. The smallest absolute Gasteiger partial charge is 0.335 e. The van der Waals surface area contributed by atoms with Gasteiger partial charge in [-0.25, -0.2) is 13.2 Å². The molecule has 0 saturated carbocycles. The van der Waals surface area contributed by atoms with Gasteiger partial charge in [0.2, 0.25) is 0 Å². The zero-order chi connectivity index (χ0) is 14.8. The number of benzene rings is 1. The second kappa shape index (κ2) is 5.59. The van der Waals surface area contributed by atoms with Crippen LogP contribution in [-0.2, 0) is 10.0 Å². The molecule has 2 aromatic rings. The molecule has 0 unspecified atom stereocenters. The topological polar surface area (TPSA) is 96.4 Å². The van der Waals surface area contributed by atoms with Crippen LogP contribution in [0.5, 0.6) is 0 Å². The summed E-state index contributed by atoms with van der Waals surface area (Å²) in [5.41, 5.74) is 0.354. The number of anilines is 1. The van der Waals surface area contributed by atoms with E-state index in [-0.39, 0.29) is 16.1 Å². The van der Waals surface area contributed by atoms with Gasteiger partial charge >= 0.3 is 5.97 Å². The number of rotatable bonds is 4. The van der Waals surface area contributed by atoms with Gasteiger partial charge in [-0.2, -0.15) is 0 Å². The van der Waals surface area contributed by atoms with E-state index in [4.69, 9.17) is 5.11 Å². The molecule has 0 radical (unpaired) electrons. The molecule has 0 aliphatic heterocycles. The summed E-state index contributed by atoms with van der Waals surface area (Å²) >= 11 is 3.15. The van der Waals surface area contributed by atoms with Crippen molar-refractivity contribution >= 4 is 37.6 Å². The van der Waals surface area contributed by atoms with Crippen LogP contribution in [0.1, 0.15) is 10.4 Å². The summed E-state index contributed by atoms with van der Waals surface area (Å²) in [6.45, 7) is 0. The van der Waals surface area contributed by atoms with E-state index in [2.05, 4.69) is 25.6 Å². The van der Waals surface area contributed by atoms with Crippen molar-refractivity contribution in [1.29, 1.82) is 0 Å². The predicted octanol–water partition coefficient (Wildman–Crippen LogP) is 2.34. The maximum Gasteiger partial charge on any atom is 0.335 e. The SMILES string of the molecule is O=C(O)c1ccc(NS(=O)(=O)c2cncc(Br)c2)cc1. The summed E-state index contributed by atoms with van der Waals surface area (Å²) in [6.07, 6.45) is 2.69. The van der Waals surface area contributed by atoms with Crippen LogP contribution in [-0.4, -0.2) is 24.5 Å². The first-order chi connectivity index (χ1) is 9.38. The number of sulfonamides is 1. The third-order valence-electron chi connectivity index (χ3n) is 2.37. The van der Waals surface area contributed by atoms with Crippen molar-refractivity contribution < 1.29 is 18.3 Å². The fraction of sp³-hybridized carbons (Fsp3) is 0. The molecule has 0 aliphatic rings. The third-order valence-corrected chi connectivity index (χ3v) is 4.16. The summed E-state index contributed by atoms with van der Waals surface area (Å²) in [6, 6.07) is 6.82. The summed E-state index contributed by atoms with van der Waals surface area (Å²) in [5.74, 6) is -1.07. The number of carbonyl (C=O) groups is 1. The van der Waals surface area contributed by atoms with E-state index < -0.39 is 16.0 Å². The van der Waals surface area contributed by atoms with E-state index in [0.29, 0.717) is 4.47 Å². The summed E-state index contributed by atoms with van der Waals surface area (Å²) in [7, 11) is -3.76. The van der Waals surface area contributed by atoms with E-state index >= 15 is 0 Å². The lowest BCUT2D eigenvalue weighted by Gasteiger charge is -2.08. The first-order valence-electron chi connectivity index (χ1n) is 5.35. The lowest BCUT2D eigenvalue weighted by atomic mass is 10.2. The highest BCUT2D eigenvalue weighted by atomic mass is 79.9. The lowest BCUT2D eigenvalue weighted by Crippen LogP contribution is -2.13. The normalized spacial score (nSPS) is 11.1. The minimum atomic E-state index is -3.76. The highest BCUT2D eigenvalue weighted by Gasteiger charge is 2.15. The standard InChI is InChI=1S/C12H9BrN2O4S/c13-9-5-11(7-14-6-9)20(18,19)15-10-3-1-8(2-4-10)12(16)17/h1-7,15H,(H,16,17). The number of aromatic carboxylic acids is 1. The number of carboxylic acids is 1. The minimum absolute atomic E-state index is 0.00851. The molecular formula is C12H9BrN2O4S. The summed E-state index contributed by atoms with van der Waals surface area (Å²) in [4.78, 5) is 14.5. The fourth-order valence-corrected chi connectivity index (χ4v) is 3.00. The summed E-state index contributed by atoms with van der Waals surface area (Å²) in [5, 5.41) is 8.76. The van der Waals surface area contributed by atoms with Gasteiger partial charge < -0.3 is 5.11 Å². The van der Waals surface area contributed by atoms with Crippen molar-refractivity contribution in [3.8, 4) is 0 Å². The monoisotopic (exact) mass is 356 g/mol. The Morgan fingerprint density at radius 2 is 1.85 bits per heavy atom. The third kappa shape index (κ3) is 3.34. The van der Waals surface area contributed by atoms with Gasteiger partial charge in [-0.15, -0.1) is 0 Å². The van der Waals surface area contributed by atoms with Crippen LogP contribution in [0.3, 0.4) is 0 Å². The molecule has 1 aromatic heterocycles. The molecule has 0 amide bonds. The first kappa shape index (κ1) is 14.5. The maximum atomic E-state index is 12.1. The molecule has 2 N–H and O–H groups in total. The molecule has 0 spiro atoms. The van der Waals surface area contributed by atoms with E-state index in [1.807, 2.05) is 0 Å². The Balaban J connectivity index is 2.26. The number of carboxylic acid groups (broad SMARTS) is 1. The zero-order valence-electron chi connectivity index (χ0n) is 9.95. The largest absolute Gasteiger partial charge is 0.478 e. The Morgan fingerprint density at radius 1 is 1.20 bits per heavy atom. The van der Waals surface area contributed by atoms with E-state index in [0.717, 1.165) is 0 Å². The minimum Gasteiger partial charge on any atom is -0.478 e. The number of hydrogen-bond acceptors (Lipinski definition) is 4. The molecule has 20 heavy (non-hydrogen) atoms. The molecular weight excluding hydrogens is 348 g/mol. The van der Waals surface area contributed by atoms with Crippen LogP contribution in [0.4, 0.5) is 5.69 Å². The average molecular weight is 357 g/mol. The first-order valence-corrected chi connectivity index (χ1v) is 7.63. The number of nitrogens with one attached hydrogen (secondary N) is 1. The van der Waals surface area contributed by atoms with Gasteiger partial charge in [0.25, 0.3) is 10.0 Å². The van der Waals surface area contributed by atoms with Gasteiger partial charge in [-0.05, 0) is 46.3 Å². The zero-order valence-corrected chi connectivity index (χ0v) is 12.3. The van der Waals surface area contributed by atoms with Crippen molar-refractivity contribution in [3.63, 3.8) is 0 Å². The second-order valence-corrected chi connectivity index (χ2v) is 6.42. The fourth-order valence-electron chi connectivity index (χ4n) is 1.43. The summed E-state index contributed by atoms with van der Waals surface area (Å²) < 4.78 is 27.1. The average Bonchev–Trinajstić information content (AvgIpc) is 2.39. The molecule has 1 aromatic carbocycles. The molecule has 0 atom stereocenters. The van der Waals surface area contributed by atoms with Crippen molar-refractivity contribution in [3.05, 3.63) is 52.8 Å². The van der Waals surface area contributed by atoms with Crippen molar-refractivity contribution in [2.45, 2.75) is 4.90 Å². The number of nitrogens with zero attached hydrogens (tertiary/aromatic N) is 1. The van der Waals surface area contributed by atoms with E-state index in [9.17, 15) is 13.2 Å². The highest BCUT2D eigenvalue weighted by molar-refractivity contribution is 9.10. The van der Waals surface area contributed by atoms with E-state index in [1.165, 1.54) is 42.7 Å². The van der Waals surface area contributed by atoms with Crippen LogP contribution in [0.15, 0.2) is 52.1 Å². The Kier molecular flexibility index (Phi) is 4.05. The Bertz CT molecular complexity index is 744. The van der Waals surface area contributed by atoms with Crippen LogP contribution in [0.25, 0.3) is 0 Å². The quantitative estimate of drug-likeness (QED) is 0.876. The number of hydrogen-bond donors (Lipinski definition) is 2. The molecule has 0 fully saturated rings. The number of aromatic nitrogens is 1. The Hall–Kier alpha value is -1.93. The van der Waals surface area contributed by atoms with Gasteiger partial charge in [0.15, 0.2) is 0 Å². The predicted molar refractivity (Wildman–Crippen MR) is 76.1 cm³/mol. The molecule has 0 saturated heterocycles. The van der Waals surface area contributed by atoms with Crippen molar-refractivity contribution in [1.82, 2.24) is 4.98 Å². The number of pyridine rings is 1. The van der Waals surface area contributed by atoms with Crippen LogP contribution < -0.4 is 4.72 Å². The van der Waals surface area contributed by atoms with Gasteiger partial charge in [0.05, 0.1) is 5.56 Å². The molecule has 0 aliphatic carbocycles. The van der Waals surface area contributed by atoms with E-state index in [1.54, 1.807) is 0 Å². The molecule has 8 heteroatoms. The Labute approximate surface area is 123 Å². The van der Waals surface area contributed by atoms with Crippen molar-refractivity contribution in [2.24, 2.45) is 0 Å².